The fourth-order valence-corrected chi connectivity index (χ4v) is 2.36. The average Bonchev–Trinajstić information content (AvgIpc) is 2.84. The summed E-state index contributed by atoms with van der Waals surface area (Å²) in [7, 11) is 1.58. The van der Waals surface area contributed by atoms with Crippen LogP contribution in [0.4, 0.5) is 0 Å². The standard InChI is InChI=1S/C17H13NO2/c1-11-7-8-14-15(9-11)17(19-2)20-16(14)13-6-4-3-5-12(13)10-18/h3-9H,1-2H3. The second-order valence-corrected chi connectivity index (χ2v) is 4.63. The maximum Gasteiger partial charge on any atom is 0.292 e. The lowest BCUT2D eigenvalue weighted by molar-refractivity contribution is 0.314. The average molecular weight is 263 g/mol. The van der Waals surface area contributed by atoms with E-state index >= 15 is 0 Å². The Morgan fingerprint density at radius 2 is 1.90 bits per heavy atom. The molecule has 3 rings (SSSR count). The molecule has 0 saturated carbocycles. The highest BCUT2D eigenvalue weighted by molar-refractivity contribution is 5.99. The first-order valence-electron chi connectivity index (χ1n) is 6.31. The zero-order valence-corrected chi connectivity index (χ0v) is 11.3. The van der Waals surface area contributed by atoms with Crippen LogP contribution in [0.1, 0.15) is 11.1 Å². The monoisotopic (exact) mass is 263 g/mol. The highest BCUT2D eigenvalue weighted by atomic mass is 16.6. The van der Waals surface area contributed by atoms with Gasteiger partial charge in [0, 0.05) is 10.9 Å². The van der Waals surface area contributed by atoms with Crippen molar-refractivity contribution in [2.24, 2.45) is 0 Å². The molecule has 0 aliphatic carbocycles. The van der Waals surface area contributed by atoms with Gasteiger partial charge >= 0.3 is 0 Å². The topological polar surface area (TPSA) is 46.2 Å². The summed E-state index contributed by atoms with van der Waals surface area (Å²) >= 11 is 0. The van der Waals surface area contributed by atoms with E-state index in [1.54, 1.807) is 13.2 Å². The Morgan fingerprint density at radius 1 is 1.10 bits per heavy atom. The molecular formula is C17H13NO2. The number of rotatable bonds is 2. The van der Waals surface area contributed by atoms with Crippen LogP contribution in [0.25, 0.3) is 22.1 Å². The fraction of sp³-hybridized carbons (Fsp3) is 0.118. The van der Waals surface area contributed by atoms with E-state index in [9.17, 15) is 5.26 Å². The molecule has 0 unspecified atom stereocenters. The van der Waals surface area contributed by atoms with E-state index in [1.807, 2.05) is 43.3 Å². The third-order valence-corrected chi connectivity index (χ3v) is 3.31. The third kappa shape index (κ3) is 1.83. The van der Waals surface area contributed by atoms with Crippen LogP contribution in [0, 0.1) is 18.3 Å². The summed E-state index contributed by atoms with van der Waals surface area (Å²) in [4.78, 5) is 0. The SMILES string of the molecule is COc1oc(-c2ccccc2C#N)c2ccc(C)cc12. The van der Waals surface area contributed by atoms with Crippen molar-refractivity contribution in [3.8, 4) is 23.3 Å². The normalized spacial score (nSPS) is 10.4. The largest absolute Gasteiger partial charge is 0.468 e. The number of nitriles is 1. The minimum absolute atomic E-state index is 0.478. The van der Waals surface area contributed by atoms with Gasteiger partial charge in [-0.25, -0.2) is 0 Å². The summed E-state index contributed by atoms with van der Waals surface area (Å²) in [5.41, 5.74) is 2.51. The molecule has 1 heterocycles. The number of methoxy groups -OCH3 is 1. The van der Waals surface area contributed by atoms with Crippen molar-refractivity contribution >= 4 is 10.8 Å². The molecule has 0 aliphatic rings. The van der Waals surface area contributed by atoms with Gasteiger partial charge in [-0.1, -0.05) is 29.8 Å². The van der Waals surface area contributed by atoms with Gasteiger partial charge < -0.3 is 9.15 Å². The number of fused-ring (bicyclic) bond motifs is 1. The number of ether oxygens (including phenoxy) is 1. The molecule has 0 atom stereocenters. The summed E-state index contributed by atoms with van der Waals surface area (Å²) in [5.74, 6) is 1.15. The first-order chi connectivity index (χ1) is 9.74. The van der Waals surface area contributed by atoms with Crippen molar-refractivity contribution in [1.29, 1.82) is 5.26 Å². The van der Waals surface area contributed by atoms with E-state index in [-0.39, 0.29) is 0 Å². The number of aryl methyl sites for hydroxylation is 1. The molecule has 0 spiro atoms. The van der Waals surface area contributed by atoms with E-state index in [4.69, 9.17) is 9.15 Å². The Morgan fingerprint density at radius 3 is 2.65 bits per heavy atom. The van der Waals surface area contributed by atoms with Gasteiger partial charge in [-0.3, -0.25) is 0 Å². The van der Waals surface area contributed by atoms with Crippen LogP contribution in [-0.2, 0) is 0 Å². The van der Waals surface area contributed by atoms with Crippen molar-refractivity contribution in [1.82, 2.24) is 0 Å². The Hall–Kier alpha value is -2.73. The van der Waals surface area contributed by atoms with Crippen LogP contribution in [-0.4, -0.2) is 7.11 Å². The van der Waals surface area contributed by atoms with Gasteiger partial charge in [-0.2, -0.15) is 5.26 Å². The molecule has 0 aliphatic heterocycles. The molecule has 3 heteroatoms. The smallest absolute Gasteiger partial charge is 0.292 e. The predicted molar refractivity (Wildman–Crippen MR) is 77.7 cm³/mol. The molecule has 2 aromatic carbocycles. The van der Waals surface area contributed by atoms with E-state index in [1.165, 1.54) is 0 Å². The first kappa shape index (κ1) is 12.3. The molecule has 0 radical (unpaired) electrons. The van der Waals surface area contributed by atoms with Crippen molar-refractivity contribution in [2.75, 3.05) is 7.11 Å². The van der Waals surface area contributed by atoms with E-state index in [0.717, 1.165) is 21.9 Å². The van der Waals surface area contributed by atoms with E-state index in [0.29, 0.717) is 17.3 Å². The lowest BCUT2D eigenvalue weighted by atomic mass is 10.0. The summed E-state index contributed by atoms with van der Waals surface area (Å²) in [6.45, 7) is 2.02. The van der Waals surface area contributed by atoms with Crippen LogP contribution in [0.2, 0.25) is 0 Å². The number of nitrogens with zero attached hydrogens (tertiary/aromatic N) is 1. The van der Waals surface area contributed by atoms with Crippen LogP contribution >= 0.6 is 0 Å². The highest BCUT2D eigenvalue weighted by Gasteiger charge is 2.17. The lowest BCUT2D eigenvalue weighted by Gasteiger charge is -2.00. The van der Waals surface area contributed by atoms with Crippen LogP contribution < -0.4 is 4.74 Å². The van der Waals surface area contributed by atoms with Crippen molar-refractivity contribution in [3.63, 3.8) is 0 Å². The summed E-state index contributed by atoms with van der Waals surface area (Å²) < 4.78 is 11.1. The molecule has 1 aromatic heterocycles. The number of hydrogen-bond donors (Lipinski definition) is 0. The molecule has 0 fully saturated rings. The molecule has 0 bridgehead atoms. The van der Waals surface area contributed by atoms with Crippen LogP contribution in [0.5, 0.6) is 5.95 Å². The zero-order chi connectivity index (χ0) is 14.1. The highest BCUT2D eigenvalue weighted by Crippen LogP contribution is 2.39. The van der Waals surface area contributed by atoms with Gasteiger partial charge in [0.15, 0.2) is 0 Å². The molecule has 3 aromatic rings. The quantitative estimate of drug-likeness (QED) is 0.693. The van der Waals surface area contributed by atoms with Gasteiger partial charge in [-0.15, -0.1) is 0 Å². The zero-order valence-electron chi connectivity index (χ0n) is 11.3. The predicted octanol–water partition coefficient (Wildman–Crippen LogP) is 4.29. The van der Waals surface area contributed by atoms with E-state index in [2.05, 4.69) is 6.07 Å². The minimum atomic E-state index is 0.478. The van der Waals surface area contributed by atoms with Gasteiger partial charge in [0.1, 0.15) is 5.76 Å². The van der Waals surface area contributed by atoms with Gasteiger partial charge in [0.05, 0.1) is 24.1 Å². The van der Waals surface area contributed by atoms with Gasteiger partial charge in [0.25, 0.3) is 5.95 Å². The van der Waals surface area contributed by atoms with Crippen LogP contribution in [0.15, 0.2) is 46.9 Å². The van der Waals surface area contributed by atoms with Gasteiger partial charge in [0.2, 0.25) is 0 Å². The number of hydrogen-bond acceptors (Lipinski definition) is 3. The number of benzene rings is 2. The third-order valence-electron chi connectivity index (χ3n) is 3.31. The second-order valence-electron chi connectivity index (χ2n) is 4.63. The van der Waals surface area contributed by atoms with Crippen molar-refractivity contribution in [2.45, 2.75) is 6.92 Å². The lowest BCUT2D eigenvalue weighted by Crippen LogP contribution is -1.82. The Kier molecular flexibility index (Phi) is 2.92. The first-order valence-corrected chi connectivity index (χ1v) is 6.31. The molecule has 98 valence electrons. The van der Waals surface area contributed by atoms with E-state index < -0.39 is 0 Å². The molecule has 20 heavy (non-hydrogen) atoms. The fourth-order valence-electron chi connectivity index (χ4n) is 2.36. The van der Waals surface area contributed by atoms with Gasteiger partial charge in [-0.05, 0) is 25.1 Å². The van der Waals surface area contributed by atoms with Crippen molar-refractivity contribution < 1.29 is 9.15 Å². The summed E-state index contributed by atoms with van der Waals surface area (Å²) in [5, 5.41) is 11.1. The summed E-state index contributed by atoms with van der Waals surface area (Å²) in [6, 6.07) is 15.6. The van der Waals surface area contributed by atoms with Crippen molar-refractivity contribution in [3.05, 3.63) is 53.6 Å². The Bertz CT molecular complexity index is 825. The molecular weight excluding hydrogens is 250 g/mol. The molecule has 0 amide bonds. The molecule has 3 nitrogen and oxygen atoms in total. The molecule has 0 saturated heterocycles. The Balaban J connectivity index is 2.35. The maximum absolute atomic E-state index is 9.24. The second kappa shape index (κ2) is 4.75. The molecule has 0 N–H and O–H groups in total. The maximum atomic E-state index is 9.24. The summed E-state index contributed by atoms with van der Waals surface area (Å²) in [6.07, 6.45) is 0. The minimum Gasteiger partial charge on any atom is -0.468 e. The number of furan rings is 1. The Labute approximate surface area is 117 Å². The van der Waals surface area contributed by atoms with Crippen LogP contribution in [0.3, 0.4) is 0 Å².